The molecule has 1 atom stereocenters. The maximum atomic E-state index is 12.9. The van der Waals surface area contributed by atoms with Gasteiger partial charge in [-0.25, -0.2) is 0 Å². The highest BCUT2D eigenvalue weighted by atomic mass is 35.5. The van der Waals surface area contributed by atoms with E-state index in [-0.39, 0.29) is 11.8 Å². The second-order valence-corrected chi connectivity index (χ2v) is 7.83. The van der Waals surface area contributed by atoms with Crippen molar-refractivity contribution in [3.8, 4) is 0 Å². The topological polar surface area (TPSA) is 48.1 Å². The monoisotopic (exact) mass is 413 g/mol. The van der Waals surface area contributed by atoms with Gasteiger partial charge in [-0.15, -0.1) is 0 Å². The van der Waals surface area contributed by atoms with Gasteiger partial charge in [0.2, 0.25) is 5.91 Å². The molecule has 1 aliphatic heterocycles. The molecule has 28 heavy (non-hydrogen) atoms. The highest BCUT2D eigenvalue weighted by molar-refractivity contribution is 6.34. The molecule has 0 saturated carbocycles. The fraction of sp³-hybridized carbons (Fsp3) is 0.227. The van der Waals surface area contributed by atoms with Crippen molar-refractivity contribution in [2.75, 3.05) is 18.0 Å². The number of aromatic amines is 1. The number of hydrogen-bond acceptors (Lipinski definition) is 2. The number of halogens is 2. The van der Waals surface area contributed by atoms with Crippen LogP contribution in [0, 0.1) is 5.92 Å². The van der Waals surface area contributed by atoms with Gasteiger partial charge in [0.05, 0.1) is 16.6 Å². The number of carbonyl (C=O) groups excluding carboxylic acids is 1. The van der Waals surface area contributed by atoms with E-state index in [2.05, 4.69) is 16.9 Å². The van der Waals surface area contributed by atoms with Gasteiger partial charge in [0.25, 0.3) is 0 Å². The van der Waals surface area contributed by atoms with Gasteiger partial charge < -0.3 is 15.2 Å². The van der Waals surface area contributed by atoms with Crippen LogP contribution in [0.3, 0.4) is 0 Å². The largest absolute Gasteiger partial charge is 0.388 e. The van der Waals surface area contributed by atoms with Gasteiger partial charge in [0, 0.05) is 40.9 Å². The van der Waals surface area contributed by atoms with Crippen LogP contribution in [0.4, 0.5) is 5.69 Å². The number of fused-ring (bicyclic) bond motifs is 1. The molecule has 2 heterocycles. The number of H-pyrrole nitrogens is 1. The zero-order chi connectivity index (χ0) is 19.7. The first-order chi connectivity index (χ1) is 13.5. The lowest BCUT2D eigenvalue weighted by Crippen LogP contribution is -2.31. The van der Waals surface area contributed by atoms with E-state index in [1.807, 2.05) is 42.6 Å². The zero-order valence-electron chi connectivity index (χ0n) is 15.3. The van der Waals surface area contributed by atoms with Crippen molar-refractivity contribution >= 4 is 45.7 Å². The van der Waals surface area contributed by atoms with Crippen molar-refractivity contribution in [3.05, 3.63) is 76.5 Å². The van der Waals surface area contributed by atoms with E-state index in [0.717, 1.165) is 40.2 Å². The summed E-state index contributed by atoms with van der Waals surface area (Å²) in [5, 5.41) is 5.78. The molecule has 2 N–H and O–H groups in total. The minimum Gasteiger partial charge on any atom is -0.388 e. The number of aromatic nitrogens is 1. The average Bonchev–Trinajstić information content (AvgIpc) is 3.25. The van der Waals surface area contributed by atoms with Crippen molar-refractivity contribution in [3.63, 3.8) is 0 Å². The summed E-state index contributed by atoms with van der Waals surface area (Å²) >= 11 is 12.4. The quantitative estimate of drug-likeness (QED) is 0.585. The summed E-state index contributed by atoms with van der Waals surface area (Å²) in [7, 11) is 0. The number of nitrogens with zero attached hydrogens (tertiary/aromatic N) is 1. The Bertz CT molecular complexity index is 1040. The molecule has 0 radical (unpaired) electrons. The van der Waals surface area contributed by atoms with E-state index in [1.54, 1.807) is 11.0 Å². The van der Waals surface area contributed by atoms with Gasteiger partial charge in [0.15, 0.2) is 0 Å². The number of amides is 1. The number of benzene rings is 2. The van der Waals surface area contributed by atoms with Crippen molar-refractivity contribution in [2.45, 2.75) is 12.8 Å². The van der Waals surface area contributed by atoms with E-state index in [1.165, 1.54) is 5.56 Å². The molecule has 1 aliphatic rings. The van der Waals surface area contributed by atoms with E-state index in [4.69, 9.17) is 23.2 Å². The molecule has 1 unspecified atom stereocenters. The van der Waals surface area contributed by atoms with Crippen LogP contribution >= 0.6 is 23.2 Å². The van der Waals surface area contributed by atoms with E-state index in [9.17, 15) is 4.79 Å². The first-order valence-corrected chi connectivity index (χ1v) is 10.0. The number of nitrogens with one attached hydrogen (secondary N) is 2. The molecular weight excluding hydrogens is 393 g/mol. The van der Waals surface area contributed by atoms with E-state index in [0.29, 0.717) is 18.1 Å². The van der Waals surface area contributed by atoms with Crippen LogP contribution in [-0.2, 0) is 11.2 Å². The average molecular weight is 414 g/mol. The SMILES string of the molecule is C=C(NCCc1c[nH]c2ccc(Cl)cc12)C1CCN(c2ccccc2Cl)C1=O. The normalized spacial score (nSPS) is 16.7. The Morgan fingerprint density at radius 2 is 2.07 bits per heavy atom. The first-order valence-electron chi connectivity index (χ1n) is 9.28. The molecule has 0 bridgehead atoms. The molecule has 1 aromatic heterocycles. The smallest absolute Gasteiger partial charge is 0.236 e. The summed E-state index contributed by atoms with van der Waals surface area (Å²) in [4.78, 5) is 17.9. The Labute approximate surface area is 174 Å². The molecule has 1 amide bonds. The fourth-order valence-electron chi connectivity index (χ4n) is 3.75. The molecule has 0 spiro atoms. The number of hydrogen-bond donors (Lipinski definition) is 2. The maximum absolute atomic E-state index is 12.9. The van der Waals surface area contributed by atoms with E-state index >= 15 is 0 Å². The van der Waals surface area contributed by atoms with Crippen molar-refractivity contribution in [1.82, 2.24) is 10.3 Å². The zero-order valence-corrected chi connectivity index (χ0v) is 16.9. The van der Waals surface area contributed by atoms with Crippen LogP contribution in [0.15, 0.2) is 60.9 Å². The van der Waals surface area contributed by atoms with Gasteiger partial charge in [-0.05, 0) is 48.7 Å². The number of para-hydroxylation sites is 1. The summed E-state index contributed by atoms with van der Waals surface area (Å²) in [6.45, 7) is 5.46. The summed E-state index contributed by atoms with van der Waals surface area (Å²) in [5.74, 6) is -0.182. The summed E-state index contributed by atoms with van der Waals surface area (Å²) in [6.07, 6.45) is 3.55. The lowest BCUT2D eigenvalue weighted by atomic mass is 10.0. The van der Waals surface area contributed by atoms with Crippen molar-refractivity contribution in [2.24, 2.45) is 5.92 Å². The Morgan fingerprint density at radius 1 is 1.25 bits per heavy atom. The molecule has 1 fully saturated rings. The number of carbonyl (C=O) groups is 1. The van der Waals surface area contributed by atoms with Gasteiger partial charge in [-0.1, -0.05) is 41.9 Å². The lowest BCUT2D eigenvalue weighted by molar-refractivity contribution is -0.119. The minimum absolute atomic E-state index is 0.0458. The predicted molar refractivity (Wildman–Crippen MR) is 116 cm³/mol. The summed E-state index contributed by atoms with van der Waals surface area (Å²) in [6, 6.07) is 13.3. The van der Waals surface area contributed by atoms with E-state index < -0.39 is 0 Å². The van der Waals surface area contributed by atoms with Crippen LogP contribution in [0.1, 0.15) is 12.0 Å². The van der Waals surface area contributed by atoms with Gasteiger partial charge in [0.1, 0.15) is 0 Å². The Balaban J connectivity index is 1.37. The molecule has 6 heteroatoms. The third-order valence-corrected chi connectivity index (χ3v) is 5.80. The number of rotatable bonds is 6. The van der Waals surface area contributed by atoms with Gasteiger partial charge >= 0.3 is 0 Å². The summed E-state index contributed by atoms with van der Waals surface area (Å²) in [5.41, 5.74) is 3.78. The lowest BCUT2D eigenvalue weighted by Gasteiger charge is -2.19. The second-order valence-electron chi connectivity index (χ2n) is 6.99. The molecule has 4 rings (SSSR count). The van der Waals surface area contributed by atoms with Crippen LogP contribution in [-0.4, -0.2) is 24.0 Å². The fourth-order valence-corrected chi connectivity index (χ4v) is 4.16. The van der Waals surface area contributed by atoms with Crippen molar-refractivity contribution in [1.29, 1.82) is 0 Å². The number of anilines is 1. The minimum atomic E-state index is -0.228. The third-order valence-electron chi connectivity index (χ3n) is 5.25. The summed E-state index contributed by atoms with van der Waals surface area (Å²) < 4.78 is 0. The van der Waals surface area contributed by atoms with Crippen molar-refractivity contribution < 1.29 is 4.79 Å². The Hall–Kier alpha value is -2.43. The Morgan fingerprint density at radius 3 is 2.89 bits per heavy atom. The highest BCUT2D eigenvalue weighted by Gasteiger charge is 2.35. The second kappa shape index (κ2) is 7.90. The van der Waals surface area contributed by atoms with Crippen LogP contribution < -0.4 is 10.2 Å². The third kappa shape index (κ3) is 3.62. The standard InChI is InChI=1S/C22H21Cl2N3O/c1-14(17-9-11-27(22(17)28)21-5-3-2-4-19(21)24)25-10-8-15-13-26-20-7-6-16(23)12-18(15)20/h2-7,12-13,17,25-26H,1,8-11H2. The van der Waals surface area contributed by atoms with Crippen LogP contribution in [0.5, 0.6) is 0 Å². The van der Waals surface area contributed by atoms with Crippen LogP contribution in [0.2, 0.25) is 10.0 Å². The predicted octanol–water partition coefficient (Wildman–Crippen LogP) is 5.17. The molecule has 4 nitrogen and oxygen atoms in total. The molecular formula is C22H21Cl2N3O. The van der Waals surface area contributed by atoms with Gasteiger partial charge in [-0.3, -0.25) is 4.79 Å². The van der Waals surface area contributed by atoms with Crippen LogP contribution in [0.25, 0.3) is 10.9 Å². The molecule has 1 saturated heterocycles. The maximum Gasteiger partial charge on any atom is 0.236 e. The first kappa shape index (κ1) is 18.9. The molecule has 144 valence electrons. The van der Waals surface area contributed by atoms with Gasteiger partial charge in [-0.2, -0.15) is 0 Å². The molecule has 0 aliphatic carbocycles. The molecule has 3 aromatic rings. The highest BCUT2D eigenvalue weighted by Crippen LogP contribution is 2.32. The molecule has 2 aromatic carbocycles. The Kier molecular flexibility index (Phi) is 5.33.